The molecule has 110 valence electrons. The Kier molecular flexibility index (Phi) is 4.08. The molecule has 0 saturated carbocycles. The molecule has 0 bridgehead atoms. The van der Waals surface area contributed by atoms with Crippen LogP contribution in [0.2, 0.25) is 0 Å². The molecule has 0 fully saturated rings. The molecular formula is C13H12FN3O3S. The van der Waals surface area contributed by atoms with Crippen molar-refractivity contribution in [2.45, 2.75) is 4.90 Å². The van der Waals surface area contributed by atoms with E-state index in [0.717, 1.165) is 12.1 Å². The van der Waals surface area contributed by atoms with E-state index in [1.807, 2.05) is 0 Å². The van der Waals surface area contributed by atoms with Gasteiger partial charge >= 0.3 is 0 Å². The van der Waals surface area contributed by atoms with Crippen LogP contribution in [0.15, 0.2) is 58.6 Å². The fourth-order valence-corrected chi connectivity index (χ4v) is 2.80. The highest BCUT2D eigenvalue weighted by atomic mass is 32.2. The lowest BCUT2D eigenvalue weighted by molar-refractivity contribution is 0.318. The summed E-state index contributed by atoms with van der Waals surface area (Å²) >= 11 is 0. The Morgan fingerprint density at radius 2 is 1.90 bits per heavy atom. The molecule has 0 aliphatic heterocycles. The number of nitrogens with one attached hydrogen (secondary N) is 1. The molecule has 0 atom stereocenters. The van der Waals surface area contributed by atoms with E-state index in [1.165, 1.54) is 24.3 Å². The summed E-state index contributed by atoms with van der Waals surface area (Å²) in [6.07, 6.45) is 0. The maximum Gasteiger partial charge on any atom is 0.262 e. The summed E-state index contributed by atoms with van der Waals surface area (Å²) in [5.41, 5.74) is 5.81. The van der Waals surface area contributed by atoms with Gasteiger partial charge in [0.05, 0.1) is 10.6 Å². The maximum absolute atomic E-state index is 13.1. The lowest BCUT2D eigenvalue weighted by Gasteiger charge is -2.11. The number of amidine groups is 1. The van der Waals surface area contributed by atoms with Gasteiger partial charge in [0.2, 0.25) is 0 Å². The Morgan fingerprint density at radius 1 is 1.19 bits per heavy atom. The highest BCUT2D eigenvalue weighted by Gasteiger charge is 2.17. The van der Waals surface area contributed by atoms with Crippen LogP contribution in [0.25, 0.3) is 0 Å². The molecule has 0 aliphatic rings. The van der Waals surface area contributed by atoms with Crippen molar-refractivity contribution in [3.05, 3.63) is 59.9 Å². The SMILES string of the molecule is N/C(=N/O)c1ccccc1NS(=O)(=O)c1cccc(F)c1. The average molecular weight is 309 g/mol. The molecule has 2 rings (SSSR count). The number of benzene rings is 2. The molecule has 6 nitrogen and oxygen atoms in total. The first-order chi connectivity index (χ1) is 9.94. The van der Waals surface area contributed by atoms with Crippen LogP contribution in [-0.4, -0.2) is 19.5 Å². The van der Waals surface area contributed by atoms with Crippen molar-refractivity contribution in [2.75, 3.05) is 4.72 Å². The number of para-hydroxylation sites is 1. The smallest absolute Gasteiger partial charge is 0.262 e. The lowest BCUT2D eigenvalue weighted by atomic mass is 10.2. The van der Waals surface area contributed by atoms with Gasteiger partial charge < -0.3 is 10.9 Å². The van der Waals surface area contributed by atoms with Gasteiger partial charge in [0.25, 0.3) is 10.0 Å². The van der Waals surface area contributed by atoms with Crippen molar-refractivity contribution >= 4 is 21.5 Å². The molecule has 4 N–H and O–H groups in total. The Hall–Kier alpha value is -2.61. The number of nitrogens with zero attached hydrogens (tertiary/aromatic N) is 1. The molecule has 21 heavy (non-hydrogen) atoms. The van der Waals surface area contributed by atoms with Gasteiger partial charge in [0, 0.05) is 5.56 Å². The third kappa shape index (κ3) is 3.29. The van der Waals surface area contributed by atoms with Gasteiger partial charge in [-0.3, -0.25) is 4.72 Å². The number of anilines is 1. The number of sulfonamides is 1. The van der Waals surface area contributed by atoms with Gasteiger partial charge in [0.1, 0.15) is 5.82 Å². The Morgan fingerprint density at radius 3 is 2.57 bits per heavy atom. The zero-order valence-corrected chi connectivity index (χ0v) is 11.5. The normalized spacial score (nSPS) is 12.1. The molecule has 0 aliphatic carbocycles. The molecule has 2 aromatic carbocycles. The summed E-state index contributed by atoms with van der Waals surface area (Å²) in [5, 5.41) is 11.5. The van der Waals surface area contributed by atoms with Gasteiger partial charge in [-0.25, -0.2) is 12.8 Å². The lowest BCUT2D eigenvalue weighted by Crippen LogP contribution is -2.19. The van der Waals surface area contributed by atoms with E-state index < -0.39 is 15.8 Å². The molecule has 0 amide bonds. The molecule has 0 aromatic heterocycles. The van der Waals surface area contributed by atoms with Gasteiger partial charge in [-0.15, -0.1) is 0 Å². The van der Waals surface area contributed by atoms with E-state index in [0.29, 0.717) is 0 Å². The molecule has 0 heterocycles. The molecule has 0 spiro atoms. The predicted octanol–water partition coefficient (Wildman–Crippen LogP) is 1.72. The molecular weight excluding hydrogens is 297 g/mol. The second-order valence-corrected chi connectivity index (χ2v) is 5.78. The molecule has 0 radical (unpaired) electrons. The van der Waals surface area contributed by atoms with Crippen LogP contribution in [0, 0.1) is 5.82 Å². The molecule has 0 saturated heterocycles. The standard InChI is InChI=1S/C13H12FN3O3S/c14-9-4-3-5-10(8-9)21(19,20)17-12-7-2-1-6-11(12)13(15)16-18/h1-8,17-18H,(H2,15,16). The molecule has 0 unspecified atom stereocenters. The molecule has 2 aromatic rings. The van der Waals surface area contributed by atoms with E-state index in [-0.39, 0.29) is 22.0 Å². The zero-order valence-electron chi connectivity index (χ0n) is 10.7. The van der Waals surface area contributed by atoms with Crippen molar-refractivity contribution in [1.29, 1.82) is 0 Å². The minimum Gasteiger partial charge on any atom is -0.409 e. The van der Waals surface area contributed by atoms with Crippen molar-refractivity contribution < 1.29 is 18.0 Å². The summed E-state index contributed by atoms with van der Waals surface area (Å²) in [7, 11) is -3.98. The van der Waals surface area contributed by atoms with Crippen molar-refractivity contribution in [1.82, 2.24) is 0 Å². The van der Waals surface area contributed by atoms with Crippen LogP contribution in [0.5, 0.6) is 0 Å². The largest absolute Gasteiger partial charge is 0.409 e. The summed E-state index contributed by atoms with van der Waals surface area (Å²) in [4.78, 5) is -0.225. The Bertz CT molecular complexity index is 791. The maximum atomic E-state index is 13.1. The average Bonchev–Trinajstić information content (AvgIpc) is 2.46. The van der Waals surface area contributed by atoms with E-state index in [2.05, 4.69) is 9.88 Å². The van der Waals surface area contributed by atoms with E-state index in [4.69, 9.17) is 10.9 Å². The first-order valence-corrected chi connectivity index (χ1v) is 7.27. The van der Waals surface area contributed by atoms with Gasteiger partial charge in [0.15, 0.2) is 5.84 Å². The van der Waals surface area contributed by atoms with Crippen LogP contribution in [-0.2, 0) is 10.0 Å². The first-order valence-electron chi connectivity index (χ1n) is 5.79. The number of oxime groups is 1. The second-order valence-electron chi connectivity index (χ2n) is 4.09. The van der Waals surface area contributed by atoms with Gasteiger partial charge in [-0.2, -0.15) is 0 Å². The number of hydrogen-bond donors (Lipinski definition) is 3. The predicted molar refractivity (Wildman–Crippen MR) is 76.2 cm³/mol. The zero-order chi connectivity index (χ0) is 15.5. The van der Waals surface area contributed by atoms with Crippen LogP contribution in [0.4, 0.5) is 10.1 Å². The Balaban J connectivity index is 2.43. The summed E-state index contributed by atoms with van der Waals surface area (Å²) in [6.45, 7) is 0. The first kappa shape index (κ1) is 14.8. The van der Waals surface area contributed by atoms with Crippen LogP contribution < -0.4 is 10.5 Å². The third-order valence-corrected chi connectivity index (χ3v) is 4.02. The summed E-state index contributed by atoms with van der Waals surface area (Å²) in [5.74, 6) is -0.907. The number of hydrogen-bond acceptors (Lipinski definition) is 4. The van der Waals surface area contributed by atoms with Crippen molar-refractivity contribution in [3.63, 3.8) is 0 Å². The quantitative estimate of drug-likeness (QED) is 0.346. The number of halogens is 1. The van der Waals surface area contributed by atoms with E-state index >= 15 is 0 Å². The van der Waals surface area contributed by atoms with E-state index in [9.17, 15) is 12.8 Å². The minimum atomic E-state index is -3.98. The topological polar surface area (TPSA) is 105 Å². The van der Waals surface area contributed by atoms with E-state index in [1.54, 1.807) is 12.1 Å². The fraction of sp³-hybridized carbons (Fsp3) is 0. The summed E-state index contributed by atoms with van der Waals surface area (Å²) < 4.78 is 39.8. The fourth-order valence-electron chi connectivity index (χ4n) is 1.69. The van der Waals surface area contributed by atoms with Crippen molar-refractivity contribution in [2.24, 2.45) is 10.9 Å². The van der Waals surface area contributed by atoms with Crippen LogP contribution >= 0.6 is 0 Å². The third-order valence-electron chi connectivity index (χ3n) is 2.66. The second kappa shape index (κ2) is 5.80. The van der Waals surface area contributed by atoms with Crippen LogP contribution in [0.1, 0.15) is 5.56 Å². The molecule has 8 heteroatoms. The highest BCUT2D eigenvalue weighted by molar-refractivity contribution is 7.92. The van der Waals surface area contributed by atoms with Gasteiger partial charge in [-0.05, 0) is 30.3 Å². The number of rotatable bonds is 4. The highest BCUT2D eigenvalue weighted by Crippen LogP contribution is 2.20. The monoisotopic (exact) mass is 309 g/mol. The minimum absolute atomic E-state index is 0.122. The van der Waals surface area contributed by atoms with Gasteiger partial charge in [-0.1, -0.05) is 23.4 Å². The summed E-state index contributed by atoms with van der Waals surface area (Å²) in [6, 6.07) is 10.7. The van der Waals surface area contributed by atoms with Crippen LogP contribution in [0.3, 0.4) is 0 Å². The number of nitrogens with two attached hydrogens (primary N) is 1. The van der Waals surface area contributed by atoms with Crippen molar-refractivity contribution in [3.8, 4) is 0 Å². The Labute approximate surface area is 120 Å².